The summed E-state index contributed by atoms with van der Waals surface area (Å²) in [7, 11) is 0. The quantitative estimate of drug-likeness (QED) is 0.331. The number of piperidine rings is 1. The normalized spacial score (nSPS) is 23.3. The Balaban J connectivity index is 2.14. The van der Waals surface area contributed by atoms with Gasteiger partial charge in [0.25, 0.3) is 5.69 Å². The Hall–Kier alpha value is -3.82. The number of hydrogen-bond acceptors (Lipinski definition) is 7. The summed E-state index contributed by atoms with van der Waals surface area (Å²) in [6.45, 7) is 1.59. The minimum Gasteiger partial charge on any atom is -0.465 e. The van der Waals surface area contributed by atoms with Crippen molar-refractivity contribution >= 4 is 17.6 Å². The van der Waals surface area contributed by atoms with E-state index in [-0.39, 0.29) is 17.9 Å². The van der Waals surface area contributed by atoms with E-state index in [1.165, 1.54) is 24.3 Å². The Kier molecular flexibility index (Phi) is 6.05. The fourth-order valence-electron chi connectivity index (χ4n) is 3.81. The average Bonchev–Trinajstić information content (AvgIpc) is 2.73. The minimum atomic E-state index is -1.44. The lowest BCUT2D eigenvalue weighted by Crippen LogP contribution is -2.56. The number of nitrogens with zero attached hydrogens (tertiary/aromatic N) is 2. The van der Waals surface area contributed by atoms with Crippen LogP contribution in [0.25, 0.3) is 0 Å². The first-order chi connectivity index (χ1) is 14.3. The van der Waals surface area contributed by atoms with Crippen molar-refractivity contribution in [3.8, 4) is 0 Å². The van der Waals surface area contributed by atoms with E-state index in [1.54, 1.807) is 37.3 Å². The van der Waals surface area contributed by atoms with Crippen LogP contribution in [0.4, 0.5) is 5.69 Å². The highest BCUT2D eigenvalue weighted by Crippen LogP contribution is 2.41. The first-order valence-electron chi connectivity index (χ1n) is 9.25. The van der Waals surface area contributed by atoms with E-state index < -0.39 is 45.6 Å². The van der Waals surface area contributed by atoms with E-state index in [9.17, 15) is 29.8 Å². The van der Waals surface area contributed by atoms with Gasteiger partial charge in [0, 0.05) is 17.1 Å². The Morgan fingerprint density at radius 1 is 1.07 bits per heavy atom. The van der Waals surface area contributed by atoms with Crippen molar-refractivity contribution in [2.24, 2.45) is 5.92 Å². The monoisotopic (exact) mass is 413 g/mol. The molecule has 1 fully saturated rings. The number of carbonyl (C=O) groups excluding carboxylic acids is 2. The number of nitrogens with one attached hydrogen (secondary N) is 1. The first-order valence-corrected chi connectivity index (χ1v) is 9.25. The second-order valence-corrected chi connectivity index (χ2v) is 6.78. The van der Waals surface area contributed by atoms with Gasteiger partial charge in [-0.05, 0) is 18.1 Å². The molecule has 2 aromatic rings. The van der Waals surface area contributed by atoms with Crippen LogP contribution in [0.1, 0.15) is 30.0 Å². The molecular formula is C20H19N3O7. The zero-order chi connectivity index (χ0) is 21.8. The average molecular weight is 413 g/mol. The van der Waals surface area contributed by atoms with Crippen LogP contribution in [0.5, 0.6) is 0 Å². The molecule has 10 heteroatoms. The van der Waals surface area contributed by atoms with Crippen LogP contribution >= 0.6 is 0 Å². The van der Waals surface area contributed by atoms with Crippen molar-refractivity contribution in [2.75, 3.05) is 6.61 Å². The molecule has 10 nitrogen and oxygen atoms in total. The molecule has 0 radical (unpaired) electrons. The molecule has 1 N–H and O–H groups in total. The summed E-state index contributed by atoms with van der Waals surface area (Å²) in [5.74, 6) is -4.11. The van der Waals surface area contributed by atoms with Crippen molar-refractivity contribution in [3.05, 3.63) is 86.0 Å². The maximum atomic E-state index is 12.9. The van der Waals surface area contributed by atoms with Crippen LogP contribution in [0.15, 0.2) is 54.6 Å². The third-order valence-corrected chi connectivity index (χ3v) is 5.06. The van der Waals surface area contributed by atoms with Gasteiger partial charge < -0.3 is 10.1 Å². The fraction of sp³-hybridized carbons (Fsp3) is 0.300. The molecule has 1 aliphatic heterocycles. The van der Waals surface area contributed by atoms with Gasteiger partial charge in [0.05, 0.1) is 17.4 Å². The molecule has 1 saturated heterocycles. The van der Waals surface area contributed by atoms with Gasteiger partial charge in [-0.2, -0.15) is 0 Å². The number of ether oxygens (including phenoxy) is 1. The Morgan fingerprint density at radius 2 is 1.73 bits per heavy atom. The summed E-state index contributed by atoms with van der Waals surface area (Å²) < 4.78 is 5.01. The number of esters is 1. The molecule has 156 valence electrons. The van der Waals surface area contributed by atoms with Crippen molar-refractivity contribution in [3.63, 3.8) is 0 Å². The lowest BCUT2D eigenvalue weighted by Gasteiger charge is -2.37. The molecule has 0 spiro atoms. The Morgan fingerprint density at radius 3 is 2.33 bits per heavy atom. The lowest BCUT2D eigenvalue weighted by atomic mass is 9.73. The van der Waals surface area contributed by atoms with E-state index in [4.69, 9.17) is 4.74 Å². The van der Waals surface area contributed by atoms with Crippen molar-refractivity contribution < 1.29 is 24.2 Å². The predicted octanol–water partition coefficient (Wildman–Crippen LogP) is 2.37. The number of carbonyl (C=O) groups is 2. The number of amides is 1. The maximum absolute atomic E-state index is 12.9. The van der Waals surface area contributed by atoms with Gasteiger partial charge in [-0.3, -0.25) is 29.8 Å². The molecule has 1 heterocycles. The van der Waals surface area contributed by atoms with Gasteiger partial charge in [0.1, 0.15) is 12.0 Å². The van der Waals surface area contributed by atoms with E-state index >= 15 is 0 Å². The highest BCUT2D eigenvalue weighted by molar-refractivity contribution is 6.00. The van der Waals surface area contributed by atoms with Crippen LogP contribution in [0.2, 0.25) is 0 Å². The van der Waals surface area contributed by atoms with Gasteiger partial charge in [-0.25, -0.2) is 0 Å². The van der Waals surface area contributed by atoms with E-state index in [0.717, 1.165) is 0 Å². The number of benzene rings is 2. The summed E-state index contributed by atoms with van der Waals surface area (Å²) in [6.07, 6.45) is 0. The molecule has 4 atom stereocenters. The molecule has 0 saturated carbocycles. The summed E-state index contributed by atoms with van der Waals surface area (Å²) in [5, 5.41) is 25.8. The summed E-state index contributed by atoms with van der Waals surface area (Å²) in [5.41, 5.74) is 0.387. The highest BCUT2D eigenvalue weighted by Gasteiger charge is 2.55. The highest BCUT2D eigenvalue weighted by atomic mass is 16.6. The van der Waals surface area contributed by atoms with Gasteiger partial charge in [-0.15, -0.1) is 0 Å². The molecule has 0 bridgehead atoms. The molecule has 1 aliphatic rings. The van der Waals surface area contributed by atoms with Gasteiger partial charge in [-0.1, -0.05) is 42.5 Å². The predicted molar refractivity (Wildman–Crippen MR) is 104 cm³/mol. The zero-order valence-corrected chi connectivity index (χ0v) is 16.0. The summed E-state index contributed by atoms with van der Waals surface area (Å²) in [4.78, 5) is 47.5. The number of nitro groups is 2. The second-order valence-electron chi connectivity index (χ2n) is 6.78. The SMILES string of the molecule is CCOC(=O)[C@@H]1C(=O)N[C@@H](c2cccc([N+](=O)[O-])c2)[C@H]([N+](=O)[O-])[C@H]1c1ccccc1. The standard InChI is InChI=1S/C20H19N3O7/c1-2-30-20(25)16-15(12-7-4-3-5-8-12)18(23(28)29)17(21-19(16)24)13-9-6-10-14(11-13)22(26)27/h3-11,15-18H,2H2,1H3,(H,21,24)/t15-,16-,17-,18+/m0/s1. The van der Waals surface area contributed by atoms with Crippen molar-refractivity contribution in [2.45, 2.75) is 24.9 Å². The number of nitro benzene ring substituents is 1. The first kappa shape index (κ1) is 20.9. The van der Waals surface area contributed by atoms with Crippen molar-refractivity contribution in [1.29, 1.82) is 0 Å². The Labute approximate surface area is 171 Å². The number of hydrogen-bond donors (Lipinski definition) is 1. The fourth-order valence-corrected chi connectivity index (χ4v) is 3.81. The molecule has 2 aromatic carbocycles. The molecule has 0 aromatic heterocycles. The van der Waals surface area contributed by atoms with E-state index in [0.29, 0.717) is 5.56 Å². The smallest absolute Gasteiger partial charge is 0.319 e. The minimum absolute atomic E-state index is 0.0154. The third kappa shape index (κ3) is 3.97. The molecule has 3 rings (SSSR count). The number of non-ortho nitro benzene ring substituents is 1. The van der Waals surface area contributed by atoms with Crippen LogP contribution in [0.3, 0.4) is 0 Å². The molecular weight excluding hydrogens is 394 g/mol. The Bertz CT molecular complexity index is 979. The van der Waals surface area contributed by atoms with Crippen LogP contribution in [-0.4, -0.2) is 34.4 Å². The third-order valence-electron chi connectivity index (χ3n) is 5.06. The molecule has 30 heavy (non-hydrogen) atoms. The molecule has 0 aliphatic carbocycles. The summed E-state index contributed by atoms with van der Waals surface area (Å²) >= 11 is 0. The largest absolute Gasteiger partial charge is 0.465 e. The van der Waals surface area contributed by atoms with Gasteiger partial charge >= 0.3 is 5.97 Å². The number of rotatable bonds is 6. The second kappa shape index (κ2) is 8.68. The van der Waals surface area contributed by atoms with Gasteiger partial charge in [0.15, 0.2) is 0 Å². The van der Waals surface area contributed by atoms with Crippen molar-refractivity contribution in [1.82, 2.24) is 5.32 Å². The summed E-state index contributed by atoms with van der Waals surface area (Å²) in [6, 6.07) is 10.9. The van der Waals surface area contributed by atoms with Crippen LogP contribution in [-0.2, 0) is 14.3 Å². The zero-order valence-electron chi connectivity index (χ0n) is 16.0. The van der Waals surface area contributed by atoms with Gasteiger partial charge in [0.2, 0.25) is 11.9 Å². The van der Waals surface area contributed by atoms with E-state index in [2.05, 4.69) is 5.32 Å². The lowest BCUT2D eigenvalue weighted by molar-refractivity contribution is -0.534. The van der Waals surface area contributed by atoms with E-state index in [1.807, 2.05) is 0 Å². The van der Waals surface area contributed by atoms with Crippen LogP contribution in [0, 0.1) is 26.1 Å². The molecule has 0 unspecified atom stereocenters. The van der Waals surface area contributed by atoms with Crippen LogP contribution < -0.4 is 5.32 Å². The topological polar surface area (TPSA) is 142 Å². The molecule has 1 amide bonds. The maximum Gasteiger partial charge on any atom is 0.319 e.